The van der Waals surface area contributed by atoms with Crippen molar-refractivity contribution in [3.63, 3.8) is 0 Å². The van der Waals surface area contributed by atoms with Crippen LogP contribution in [0, 0.1) is 0 Å². The number of fused-ring (bicyclic) bond motifs is 8. The largest absolute Gasteiger partial charge is 0.456 e. The Morgan fingerprint density at radius 2 is 0.980 bits per heavy atom. The fourth-order valence-corrected chi connectivity index (χ4v) is 8.63. The van der Waals surface area contributed by atoms with E-state index in [9.17, 15) is 0 Å². The van der Waals surface area contributed by atoms with Gasteiger partial charge in [-0.3, -0.25) is 0 Å². The maximum atomic E-state index is 6.49. The quantitative estimate of drug-likeness (QED) is 0.177. The predicted molar refractivity (Wildman–Crippen MR) is 213 cm³/mol. The van der Waals surface area contributed by atoms with E-state index in [1.165, 1.54) is 30.9 Å². The first-order chi connectivity index (χ1) is 24.8. The van der Waals surface area contributed by atoms with Crippen LogP contribution in [0.4, 0.5) is 34.1 Å². The summed E-state index contributed by atoms with van der Waals surface area (Å²) in [6.07, 6.45) is 0. The lowest BCUT2D eigenvalue weighted by Crippen LogP contribution is -2.17. The third-order valence-electron chi connectivity index (χ3n) is 9.61. The average molecular weight is 659 g/mol. The van der Waals surface area contributed by atoms with Gasteiger partial charge in [-0.2, -0.15) is 0 Å². The monoisotopic (exact) mass is 658 g/mol. The molecule has 0 fully saturated rings. The van der Waals surface area contributed by atoms with Crippen molar-refractivity contribution < 1.29 is 4.42 Å². The molecule has 0 radical (unpaired) electrons. The van der Waals surface area contributed by atoms with Crippen LogP contribution in [-0.4, -0.2) is 0 Å². The molecule has 8 aromatic carbocycles. The zero-order chi connectivity index (χ0) is 33.0. The van der Waals surface area contributed by atoms with Gasteiger partial charge in [0, 0.05) is 59.8 Å². The summed E-state index contributed by atoms with van der Waals surface area (Å²) in [6.45, 7) is 0. The van der Waals surface area contributed by atoms with Gasteiger partial charge in [0.2, 0.25) is 0 Å². The molecule has 2 aromatic heterocycles. The molecule has 0 spiro atoms. The van der Waals surface area contributed by atoms with Crippen LogP contribution in [0.1, 0.15) is 0 Å². The lowest BCUT2D eigenvalue weighted by Gasteiger charge is -2.34. The smallest absolute Gasteiger partial charge is 0.137 e. The number of nitrogens with zero attached hydrogens (tertiary/aromatic N) is 2. The standard InChI is InChI=1S/C46H30N2OS/c1-4-15-32(16-5-1)47(33-17-6-2-7-18-33)40-28-29-43-44(39-26-24-31-14-10-11-21-36(31)46(39)50-43)45(40)48(34-19-8-3-9-20-34)35-25-27-38-37-22-12-13-23-41(37)49-42(38)30-35/h1-30H. The molecule has 0 bridgehead atoms. The fourth-order valence-electron chi connectivity index (χ4n) is 7.39. The SMILES string of the molecule is c1ccc(N(c2ccccc2)c2ccc3sc4c5ccccc5ccc4c3c2N(c2ccccc2)c2ccc3c(c2)oc2ccccc23)cc1. The fraction of sp³-hybridized carbons (Fsp3) is 0. The van der Waals surface area contributed by atoms with Gasteiger partial charge in [0.25, 0.3) is 0 Å². The molecule has 0 N–H and O–H groups in total. The molecule has 4 heteroatoms. The van der Waals surface area contributed by atoms with Gasteiger partial charge < -0.3 is 14.2 Å². The van der Waals surface area contributed by atoms with E-state index in [1.54, 1.807) is 0 Å². The van der Waals surface area contributed by atoms with Gasteiger partial charge in [0.1, 0.15) is 11.2 Å². The Morgan fingerprint density at radius 1 is 0.400 bits per heavy atom. The normalized spacial score (nSPS) is 11.6. The van der Waals surface area contributed by atoms with Crippen LogP contribution in [0.5, 0.6) is 0 Å². The van der Waals surface area contributed by atoms with Crippen molar-refractivity contribution in [1.29, 1.82) is 0 Å². The minimum absolute atomic E-state index is 0.863. The predicted octanol–water partition coefficient (Wildman–Crippen LogP) is 14.0. The van der Waals surface area contributed by atoms with Crippen LogP contribution in [0.2, 0.25) is 0 Å². The number of furan rings is 1. The number of hydrogen-bond donors (Lipinski definition) is 0. The van der Waals surface area contributed by atoms with E-state index in [-0.39, 0.29) is 0 Å². The average Bonchev–Trinajstić information content (AvgIpc) is 3.75. The molecule has 50 heavy (non-hydrogen) atoms. The minimum atomic E-state index is 0.863. The number of benzene rings is 8. The Morgan fingerprint density at radius 3 is 1.70 bits per heavy atom. The van der Waals surface area contributed by atoms with Crippen molar-refractivity contribution in [2.24, 2.45) is 0 Å². The highest BCUT2D eigenvalue weighted by molar-refractivity contribution is 7.26. The maximum absolute atomic E-state index is 6.49. The zero-order valence-electron chi connectivity index (χ0n) is 27.0. The molecule has 0 atom stereocenters. The summed E-state index contributed by atoms with van der Waals surface area (Å²) in [6, 6.07) is 64.9. The number of para-hydroxylation sites is 4. The number of hydrogen-bond acceptors (Lipinski definition) is 4. The summed E-state index contributed by atoms with van der Waals surface area (Å²) < 4.78 is 9.02. The van der Waals surface area contributed by atoms with E-state index < -0.39 is 0 Å². The molecule has 0 saturated heterocycles. The van der Waals surface area contributed by atoms with Gasteiger partial charge in [0.05, 0.1) is 11.4 Å². The van der Waals surface area contributed by atoms with Crippen molar-refractivity contribution in [2.45, 2.75) is 0 Å². The highest BCUT2D eigenvalue weighted by Crippen LogP contribution is 2.53. The lowest BCUT2D eigenvalue weighted by molar-refractivity contribution is 0.669. The summed E-state index contributed by atoms with van der Waals surface area (Å²) in [5, 5.41) is 7.22. The van der Waals surface area contributed by atoms with E-state index in [0.29, 0.717) is 0 Å². The molecule has 0 aliphatic rings. The summed E-state index contributed by atoms with van der Waals surface area (Å²) in [4.78, 5) is 4.81. The number of rotatable bonds is 6. The molecule has 0 amide bonds. The van der Waals surface area contributed by atoms with Crippen LogP contribution < -0.4 is 9.80 Å². The second-order valence-corrected chi connectivity index (χ2v) is 13.6. The van der Waals surface area contributed by atoms with Crippen molar-refractivity contribution in [3.8, 4) is 0 Å². The van der Waals surface area contributed by atoms with Gasteiger partial charge in [-0.25, -0.2) is 0 Å². The molecule has 0 saturated carbocycles. The van der Waals surface area contributed by atoms with Crippen LogP contribution in [-0.2, 0) is 0 Å². The van der Waals surface area contributed by atoms with Gasteiger partial charge in [-0.15, -0.1) is 11.3 Å². The van der Waals surface area contributed by atoms with Crippen LogP contribution in [0.15, 0.2) is 186 Å². The molecule has 0 unspecified atom stereocenters. The van der Waals surface area contributed by atoms with Gasteiger partial charge >= 0.3 is 0 Å². The molecule has 0 aliphatic carbocycles. The van der Waals surface area contributed by atoms with Crippen LogP contribution in [0.25, 0.3) is 52.9 Å². The molecule has 3 nitrogen and oxygen atoms in total. The van der Waals surface area contributed by atoms with E-state index >= 15 is 0 Å². The topological polar surface area (TPSA) is 19.6 Å². The Kier molecular flexibility index (Phi) is 6.68. The number of thiophene rings is 1. The Balaban J connectivity index is 1.35. The zero-order valence-corrected chi connectivity index (χ0v) is 27.8. The van der Waals surface area contributed by atoms with Crippen molar-refractivity contribution in [1.82, 2.24) is 0 Å². The molecular formula is C46H30N2OS. The molecule has 10 aromatic rings. The molecular weight excluding hydrogens is 629 g/mol. The third-order valence-corrected chi connectivity index (χ3v) is 10.8. The van der Waals surface area contributed by atoms with Crippen molar-refractivity contribution in [2.75, 3.05) is 9.80 Å². The van der Waals surface area contributed by atoms with E-state index in [2.05, 4.69) is 180 Å². The van der Waals surface area contributed by atoms with Gasteiger partial charge in [-0.1, -0.05) is 109 Å². The summed E-state index contributed by atoms with van der Waals surface area (Å²) in [5.74, 6) is 0. The van der Waals surface area contributed by atoms with Crippen LogP contribution in [0.3, 0.4) is 0 Å². The highest BCUT2D eigenvalue weighted by Gasteiger charge is 2.27. The summed E-state index contributed by atoms with van der Waals surface area (Å²) in [5.41, 5.74) is 8.21. The summed E-state index contributed by atoms with van der Waals surface area (Å²) >= 11 is 1.87. The van der Waals surface area contributed by atoms with E-state index in [4.69, 9.17) is 4.42 Å². The number of anilines is 6. The first kappa shape index (κ1) is 28.6. The minimum Gasteiger partial charge on any atom is -0.456 e. The second-order valence-electron chi connectivity index (χ2n) is 12.5. The molecule has 2 heterocycles. The Bertz CT molecular complexity index is 2780. The Labute approximate surface area is 293 Å². The first-order valence-corrected chi connectivity index (χ1v) is 17.7. The maximum Gasteiger partial charge on any atom is 0.137 e. The van der Waals surface area contributed by atoms with Crippen molar-refractivity contribution >= 4 is 98.3 Å². The second kappa shape index (κ2) is 11.7. The van der Waals surface area contributed by atoms with Crippen LogP contribution >= 0.6 is 11.3 Å². The van der Waals surface area contributed by atoms with E-state index in [0.717, 1.165) is 56.1 Å². The van der Waals surface area contributed by atoms with E-state index in [1.807, 2.05) is 23.5 Å². The molecule has 0 aliphatic heterocycles. The van der Waals surface area contributed by atoms with Gasteiger partial charge in [0.15, 0.2) is 0 Å². The molecule has 236 valence electrons. The first-order valence-electron chi connectivity index (χ1n) is 16.9. The third kappa shape index (κ3) is 4.57. The Hall–Kier alpha value is -6.36. The lowest BCUT2D eigenvalue weighted by atomic mass is 10.0. The van der Waals surface area contributed by atoms with Gasteiger partial charge in [-0.05, 0) is 77.5 Å². The van der Waals surface area contributed by atoms with Crippen molar-refractivity contribution in [3.05, 3.63) is 182 Å². The molecule has 10 rings (SSSR count). The summed E-state index contributed by atoms with van der Waals surface area (Å²) in [7, 11) is 0. The highest BCUT2D eigenvalue weighted by atomic mass is 32.1.